The molecular formula is C31H34N6O3. The fourth-order valence-corrected chi connectivity index (χ4v) is 4.91. The van der Waals surface area contributed by atoms with Gasteiger partial charge in [0.15, 0.2) is 0 Å². The molecule has 0 amide bonds. The number of para-hydroxylation sites is 1. The second-order valence-electron chi connectivity index (χ2n) is 9.44. The number of benzene rings is 2. The van der Waals surface area contributed by atoms with Gasteiger partial charge in [-0.15, -0.1) is 0 Å². The minimum absolute atomic E-state index is 0.115. The van der Waals surface area contributed by atoms with Crippen LogP contribution in [0.15, 0.2) is 65.6 Å². The molecule has 0 spiro atoms. The molecule has 2 aromatic heterocycles. The number of piperazine rings is 1. The predicted octanol–water partition coefficient (Wildman–Crippen LogP) is 4.85. The average Bonchev–Trinajstić information content (AvgIpc) is 2.99. The van der Waals surface area contributed by atoms with Crippen LogP contribution in [-0.2, 0) is 6.54 Å². The lowest BCUT2D eigenvalue weighted by Gasteiger charge is -2.37. The Morgan fingerprint density at radius 3 is 2.33 bits per heavy atom. The molecule has 2 aromatic carbocycles. The van der Waals surface area contributed by atoms with Crippen molar-refractivity contribution in [1.29, 1.82) is 5.26 Å². The zero-order chi connectivity index (χ0) is 28.8. The summed E-state index contributed by atoms with van der Waals surface area (Å²) in [5, 5.41) is 21.8. The summed E-state index contributed by atoms with van der Waals surface area (Å²) < 4.78 is 1.58. The molecule has 9 nitrogen and oxygen atoms in total. The molecule has 2 N–H and O–H groups in total. The zero-order valence-electron chi connectivity index (χ0n) is 23.3. The Balaban J connectivity index is 0.00000181. The maximum atomic E-state index is 13.4. The number of nitrogens with zero attached hydrogens (tertiary/aromatic N) is 5. The minimum atomic E-state index is -1.00. The molecule has 0 aliphatic carbocycles. The van der Waals surface area contributed by atoms with E-state index in [1.165, 1.54) is 0 Å². The van der Waals surface area contributed by atoms with Crippen molar-refractivity contribution in [1.82, 2.24) is 9.38 Å². The molecule has 1 aliphatic heterocycles. The number of anilines is 3. The topological polar surface area (TPSA) is 114 Å². The molecule has 1 aliphatic rings. The highest BCUT2D eigenvalue weighted by Gasteiger charge is 2.23. The Bertz CT molecular complexity index is 1610. The predicted molar refractivity (Wildman–Crippen MR) is 159 cm³/mol. The molecule has 1 saturated heterocycles. The Morgan fingerprint density at radius 1 is 1.02 bits per heavy atom. The monoisotopic (exact) mass is 538 g/mol. The summed E-state index contributed by atoms with van der Waals surface area (Å²) in [5.74, 6) is -0.333. The smallest absolute Gasteiger partial charge is 0.337 e. The van der Waals surface area contributed by atoms with Gasteiger partial charge in [-0.25, -0.2) is 9.78 Å². The maximum absolute atomic E-state index is 13.4. The van der Waals surface area contributed by atoms with Gasteiger partial charge < -0.3 is 20.2 Å². The van der Waals surface area contributed by atoms with Crippen molar-refractivity contribution >= 4 is 28.8 Å². The van der Waals surface area contributed by atoms with Crippen molar-refractivity contribution in [2.75, 3.05) is 41.3 Å². The fourth-order valence-electron chi connectivity index (χ4n) is 4.91. The first-order valence-electron chi connectivity index (χ1n) is 13.4. The Labute approximate surface area is 233 Å². The fraction of sp³-hybridized carbons (Fsp3) is 0.290. The van der Waals surface area contributed by atoms with Crippen LogP contribution < -0.4 is 20.7 Å². The van der Waals surface area contributed by atoms with Crippen LogP contribution >= 0.6 is 0 Å². The molecule has 3 heterocycles. The van der Waals surface area contributed by atoms with E-state index in [4.69, 9.17) is 10.2 Å². The number of hydrogen-bond acceptors (Lipinski definition) is 7. The summed E-state index contributed by atoms with van der Waals surface area (Å²) in [4.78, 5) is 34.4. The van der Waals surface area contributed by atoms with Crippen LogP contribution in [0.25, 0.3) is 5.65 Å². The molecule has 40 heavy (non-hydrogen) atoms. The standard InChI is InChI=1S/C29H28N6O3.C2H6/c1-19-15-22(17-31-25-6-4-3-5-24(25)29(37)38)27-32-26(20(2)28(36)35(27)18-19)34-13-11-33(12-14-34)23-9-7-21(16-30)8-10-23;1-2/h3-10,15,18,31H,11-14,17H2,1-2H3,(H,37,38);1-2H3. The molecule has 0 saturated carbocycles. The van der Waals surface area contributed by atoms with Crippen molar-refractivity contribution in [2.24, 2.45) is 0 Å². The van der Waals surface area contributed by atoms with E-state index in [0.717, 1.165) is 29.9 Å². The third-order valence-electron chi connectivity index (χ3n) is 6.90. The Hall–Kier alpha value is -4.84. The summed E-state index contributed by atoms with van der Waals surface area (Å²) in [6, 6.07) is 18.4. The summed E-state index contributed by atoms with van der Waals surface area (Å²) in [6.07, 6.45) is 1.79. The lowest BCUT2D eigenvalue weighted by molar-refractivity contribution is 0.0698. The van der Waals surface area contributed by atoms with E-state index in [1.807, 2.05) is 58.0 Å². The first-order chi connectivity index (χ1) is 19.4. The molecule has 4 aromatic rings. The van der Waals surface area contributed by atoms with E-state index in [-0.39, 0.29) is 11.1 Å². The van der Waals surface area contributed by atoms with Gasteiger partial charge in [-0.1, -0.05) is 26.0 Å². The zero-order valence-corrected chi connectivity index (χ0v) is 23.3. The number of carboxylic acids is 1. The molecular weight excluding hydrogens is 504 g/mol. The van der Waals surface area contributed by atoms with Crippen LogP contribution in [0, 0.1) is 25.2 Å². The molecule has 9 heteroatoms. The maximum Gasteiger partial charge on any atom is 0.337 e. The van der Waals surface area contributed by atoms with Gasteiger partial charge in [0.05, 0.1) is 22.8 Å². The van der Waals surface area contributed by atoms with Crippen LogP contribution in [0.3, 0.4) is 0 Å². The number of aromatic carboxylic acids is 1. The number of carbonyl (C=O) groups is 1. The van der Waals surface area contributed by atoms with Crippen molar-refractivity contribution in [3.8, 4) is 6.07 Å². The SMILES string of the molecule is CC.Cc1cc(CNc2ccccc2C(=O)O)c2nc(N3CCN(c4ccc(C#N)cc4)CC3)c(C)c(=O)n2c1. The Kier molecular flexibility index (Phi) is 8.70. The number of nitriles is 1. The number of rotatable bonds is 6. The normalized spacial score (nSPS) is 12.9. The number of aryl methyl sites for hydroxylation is 1. The largest absolute Gasteiger partial charge is 0.478 e. The summed E-state index contributed by atoms with van der Waals surface area (Å²) >= 11 is 0. The number of carboxylic acid groups (broad SMARTS) is 1. The second kappa shape index (κ2) is 12.3. The van der Waals surface area contributed by atoms with Crippen LogP contribution in [-0.4, -0.2) is 46.6 Å². The van der Waals surface area contributed by atoms with Crippen molar-refractivity contribution < 1.29 is 9.90 Å². The summed E-state index contributed by atoms with van der Waals surface area (Å²) in [7, 11) is 0. The first kappa shape index (κ1) is 28.2. The summed E-state index contributed by atoms with van der Waals surface area (Å²) in [5.41, 5.74) is 5.14. The third-order valence-corrected chi connectivity index (χ3v) is 6.90. The third kappa shape index (κ3) is 5.76. The molecule has 0 bridgehead atoms. The number of pyridine rings is 1. The van der Waals surface area contributed by atoms with Crippen molar-refractivity contribution in [2.45, 2.75) is 34.2 Å². The van der Waals surface area contributed by atoms with Crippen LogP contribution in [0.4, 0.5) is 17.2 Å². The van der Waals surface area contributed by atoms with Gasteiger partial charge in [0, 0.05) is 55.9 Å². The highest BCUT2D eigenvalue weighted by Crippen LogP contribution is 2.24. The van der Waals surface area contributed by atoms with Crippen molar-refractivity contribution in [3.05, 3.63) is 99.0 Å². The molecule has 1 fully saturated rings. The van der Waals surface area contributed by atoms with E-state index in [1.54, 1.807) is 34.9 Å². The highest BCUT2D eigenvalue weighted by atomic mass is 16.4. The van der Waals surface area contributed by atoms with Crippen molar-refractivity contribution in [3.63, 3.8) is 0 Å². The molecule has 0 unspecified atom stereocenters. The highest BCUT2D eigenvalue weighted by molar-refractivity contribution is 5.94. The first-order valence-corrected chi connectivity index (χ1v) is 13.4. The molecule has 5 rings (SSSR count). The quantitative estimate of drug-likeness (QED) is 0.358. The van der Waals surface area contributed by atoms with E-state index < -0.39 is 5.97 Å². The van der Waals surface area contributed by atoms with E-state index in [2.05, 4.69) is 21.2 Å². The van der Waals surface area contributed by atoms with E-state index in [9.17, 15) is 14.7 Å². The second-order valence-corrected chi connectivity index (χ2v) is 9.44. The van der Waals surface area contributed by atoms with Crippen LogP contribution in [0.2, 0.25) is 0 Å². The lowest BCUT2D eigenvalue weighted by atomic mass is 10.1. The number of fused-ring (bicyclic) bond motifs is 1. The van der Waals surface area contributed by atoms with Gasteiger partial charge in [0.2, 0.25) is 0 Å². The Morgan fingerprint density at radius 2 is 1.68 bits per heavy atom. The van der Waals surface area contributed by atoms with Gasteiger partial charge in [0.25, 0.3) is 5.56 Å². The van der Waals surface area contributed by atoms with Gasteiger partial charge in [-0.05, 0) is 61.9 Å². The van der Waals surface area contributed by atoms with Crippen LogP contribution in [0.1, 0.15) is 46.5 Å². The van der Waals surface area contributed by atoms with Crippen LogP contribution in [0.5, 0.6) is 0 Å². The minimum Gasteiger partial charge on any atom is -0.478 e. The van der Waals surface area contributed by atoms with E-state index >= 15 is 0 Å². The van der Waals surface area contributed by atoms with Gasteiger partial charge in [0.1, 0.15) is 11.5 Å². The van der Waals surface area contributed by atoms with Gasteiger partial charge in [-0.2, -0.15) is 5.26 Å². The lowest BCUT2D eigenvalue weighted by Crippen LogP contribution is -2.47. The van der Waals surface area contributed by atoms with E-state index in [0.29, 0.717) is 47.9 Å². The molecule has 206 valence electrons. The number of hydrogen-bond donors (Lipinski definition) is 2. The molecule has 0 atom stereocenters. The summed E-state index contributed by atoms with van der Waals surface area (Å²) in [6.45, 7) is 11.0. The number of aromatic nitrogens is 2. The molecule has 0 radical (unpaired) electrons. The average molecular weight is 539 g/mol. The van der Waals surface area contributed by atoms with Gasteiger partial charge >= 0.3 is 5.97 Å². The number of nitrogens with one attached hydrogen (secondary N) is 1. The van der Waals surface area contributed by atoms with Gasteiger partial charge in [-0.3, -0.25) is 9.20 Å².